The van der Waals surface area contributed by atoms with Crippen LogP contribution in [0.2, 0.25) is 0 Å². The van der Waals surface area contributed by atoms with Crippen LogP contribution >= 0.6 is 8.25 Å². The molecule has 0 amide bonds. The highest BCUT2D eigenvalue weighted by Gasteiger charge is 2.48. The van der Waals surface area contributed by atoms with Crippen LogP contribution in [0.5, 0.6) is 0 Å². The molecule has 5 unspecified atom stereocenters. The van der Waals surface area contributed by atoms with Crippen LogP contribution in [0, 0.1) is 0 Å². The molecule has 0 bridgehead atoms. The molecule has 2 aromatic heterocycles. The molecular weight excluding hydrogens is 405 g/mol. The maximum atomic E-state index is 12.1. The van der Waals surface area contributed by atoms with Crippen LogP contribution in [0.25, 0.3) is 11.2 Å². The van der Waals surface area contributed by atoms with Crippen LogP contribution < -0.4 is 11.3 Å². The number of hydrogen-bond donors (Lipinski definition) is 4. The summed E-state index contributed by atoms with van der Waals surface area (Å²) in [7, 11) is -3.31. The van der Waals surface area contributed by atoms with Gasteiger partial charge < -0.3 is 29.7 Å². The van der Waals surface area contributed by atoms with Crippen LogP contribution in [0.15, 0.2) is 11.1 Å². The Hall–Kier alpha value is -1.82. The summed E-state index contributed by atoms with van der Waals surface area (Å²) in [4.78, 5) is 31.9. The van der Waals surface area contributed by atoms with Gasteiger partial charge in [0.25, 0.3) is 5.56 Å². The summed E-state index contributed by atoms with van der Waals surface area (Å²) >= 11 is 0. The van der Waals surface area contributed by atoms with E-state index in [0.717, 1.165) is 25.7 Å². The molecule has 12 nitrogen and oxygen atoms in total. The molecule has 1 fully saturated rings. The van der Waals surface area contributed by atoms with Gasteiger partial charge in [-0.1, -0.05) is 26.2 Å². The van der Waals surface area contributed by atoms with Crippen molar-refractivity contribution in [1.82, 2.24) is 19.5 Å². The Morgan fingerprint density at radius 2 is 2.17 bits per heavy atom. The molecular formula is C16H26N5O7P. The van der Waals surface area contributed by atoms with E-state index in [4.69, 9.17) is 19.7 Å². The zero-order chi connectivity index (χ0) is 21.0. The van der Waals surface area contributed by atoms with Gasteiger partial charge in [0, 0.05) is 6.61 Å². The number of hydrogen-bond acceptors (Lipinski definition) is 9. The summed E-state index contributed by atoms with van der Waals surface area (Å²) in [5, 5.41) is 9.68. The molecule has 3 heterocycles. The minimum atomic E-state index is -3.31. The van der Waals surface area contributed by atoms with E-state index in [1.807, 2.05) is 0 Å². The van der Waals surface area contributed by atoms with E-state index >= 15 is 0 Å². The summed E-state index contributed by atoms with van der Waals surface area (Å²) in [6.07, 6.45) is 1.65. The number of rotatable bonds is 10. The number of imidazole rings is 1. The fourth-order valence-electron chi connectivity index (χ4n) is 3.39. The molecule has 0 spiro atoms. The molecule has 5 N–H and O–H groups in total. The number of aromatic amines is 1. The number of nitrogens with zero attached hydrogens (tertiary/aromatic N) is 3. The molecule has 0 saturated carbocycles. The Kier molecular flexibility index (Phi) is 7.38. The third-order valence-electron chi connectivity index (χ3n) is 4.74. The average molecular weight is 431 g/mol. The first-order valence-electron chi connectivity index (χ1n) is 9.46. The number of H-pyrrole nitrogens is 1. The van der Waals surface area contributed by atoms with E-state index < -0.39 is 45.0 Å². The molecule has 1 aliphatic rings. The quantitative estimate of drug-likeness (QED) is 0.303. The number of aliphatic hydroxyl groups is 1. The fourth-order valence-corrected chi connectivity index (χ4v) is 3.91. The molecule has 1 saturated heterocycles. The topological polar surface area (TPSA) is 175 Å². The first kappa shape index (κ1) is 21.9. The summed E-state index contributed by atoms with van der Waals surface area (Å²) in [5.74, 6) is -0.0915. The minimum absolute atomic E-state index is 0.0603. The third kappa shape index (κ3) is 4.85. The summed E-state index contributed by atoms with van der Waals surface area (Å²) in [6.45, 7) is 2.02. The van der Waals surface area contributed by atoms with E-state index in [1.165, 1.54) is 10.9 Å². The van der Waals surface area contributed by atoms with E-state index in [0.29, 0.717) is 6.61 Å². The highest BCUT2D eigenvalue weighted by atomic mass is 31.1. The van der Waals surface area contributed by atoms with E-state index in [2.05, 4.69) is 21.9 Å². The number of fused-ring (bicyclic) bond motifs is 1. The maximum absolute atomic E-state index is 12.1. The number of aromatic nitrogens is 4. The number of nitrogen functional groups attached to an aromatic ring is 1. The number of unbranched alkanes of at least 4 members (excludes halogenated alkanes) is 3. The van der Waals surface area contributed by atoms with Crippen molar-refractivity contribution < 1.29 is 28.6 Å². The van der Waals surface area contributed by atoms with Crippen molar-refractivity contribution in [1.29, 1.82) is 0 Å². The van der Waals surface area contributed by atoms with Crippen molar-refractivity contribution in [3.8, 4) is 0 Å². The first-order valence-corrected chi connectivity index (χ1v) is 10.7. The lowest BCUT2D eigenvalue weighted by Crippen LogP contribution is -2.37. The Labute approximate surface area is 167 Å². The van der Waals surface area contributed by atoms with Crippen molar-refractivity contribution in [3.63, 3.8) is 0 Å². The standard InChI is InChI=1S/C16H26N5O7P/c1-2-3-4-5-6-26-12-11(28-29(24)25)9(7-22)27-15(12)21-8-18-10-13(21)19-16(17)20-14(10)23/h8-9,11-12,15,22,29H,2-7H2,1H3,(H,24,25)(H3,17,19,20,23). The van der Waals surface area contributed by atoms with Crippen LogP contribution in [0.4, 0.5) is 5.95 Å². The van der Waals surface area contributed by atoms with Gasteiger partial charge in [0.2, 0.25) is 5.95 Å². The van der Waals surface area contributed by atoms with Gasteiger partial charge in [0.1, 0.15) is 18.3 Å². The van der Waals surface area contributed by atoms with E-state index in [-0.39, 0.29) is 17.1 Å². The molecule has 2 aromatic rings. The van der Waals surface area contributed by atoms with Crippen LogP contribution in [0.1, 0.15) is 38.8 Å². The van der Waals surface area contributed by atoms with Crippen molar-refractivity contribution in [3.05, 3.63) is 16.7 Å². The van der Waals surface area contributed by atoms with Crippen LogP contribution in [0.3, 0.4) is 0 Å². The minimum Gasteiger partial charge on any atom is -0.394 e. The molecule has 13 heteroatoms. The van der Waals surface area contributed by atoms with Gasteiger partial charge in [-0.15, -0.1) is 0 Å². The Bertz CT molecular complexity index is 903. The SMILES string of the molecule is CCCCCCOC1C(O[PH](=O)O)C(CO)OC1n1cnc2c(=O)[nH]c(N)nc21. The lowest BCUT2D eigenvalue weighted by atomic mass is 10.1. The fraction of sp³-hybridized carbons (Fsp3) is 0.688. The molecule has 1 aliphatic heterocycles. The second-order valence-electron chi connectivity index (χ2n) is 6.77. The van der Waals surface area contributed by atoms with Crippen molar-refractivity contribution in [2.75, 3.05) is 18.9 Å². The van der Waals surface area contributed by atoms with Gasteiger partial charge in [0.15, 0.2) is 17.4 Å². The van der Waals surface area contributed by atoms with Gasteiger partial charge in [-0.2, -0.15) is 4.98 Å². The predicted molar refractivity (Wildman–Crippen MR) is 104 cm³/mol. The number of ether oxygens (including phenoxy) is 2. The largest absolute Gasteiger partial charge is 0.394 e. The highest BCUT2D eigenvalue weighted by Crippen LogP contribution is 2.38. The summed E-state index contributed by atoms with van der Waals surface area (Å²) in [6, 6.07) is 0. The summed E-state index contributed by atoms with van der Waals surface area (Å²) in [5.41, 5.74) is 5.37. The first-order chi connectivity index (χ1) is 14.0. The Balaban J connectivity index is 1.91. The van der Waals surface area contributed by atoms with Crippen LogP contribution in [-0.4, -0.2) is 61.0 Å². The van der Waals surface area contributed by atoms with Gasteiger partial charge in [0.05, 0.1) is 12.9 Å². The molecule has 5 atom stereocenters. The van der Waals surface area contributed by atoms with Crippen molar-refractivity contribution in [2.24, 2.45) is 0 Å². The highest BCUT2D eigenvalue weighted by molar-refractivity contribution is 7.32. The predicted octanol–water partition coefficient (Wildman–Crippen LogP) is 0.324. The molecule has 0 aromatic carbocycles. The third-order valence-corrected chi connectivity index (χ3v) is 5.21. The van der Waals surface area contributed by atoms with Gasteiger partial charge in [-0.3, -0.25) is 18.9 Å². The zero-order valence-corrected chi connectivity index (χ0v) is 17.0. The molecule has 0 radical (unpaired) electrons. The molecule has 29 heavy (non-hydrogen) atoms. The lowest BCUT2D eigenvalue weighted by Gasteiger charge is -2.24. The molecule has 0 aliphatic carbocycles. The van der Waals surface area contributed by atoms with Gasteiger partial charge >= 0.3 is 8.25 Å². The van der Waals surface area contributed by atoms with E-state index in [9.17, 15) is 19.4 Å². The molecule has 162 valence electrons. The maximum Gasteiger partial charge on any atom is 0.317 e. The Morgan fingerprint density at radius 1 is 1.38 bits per heavy atom. The Morgan fingerprint density at radius 3 is 2.86 bits per heavy atom. The number of nitrogens with two attached hydrogens (primary N) is 1. The molecule has 3 rings (SSSR count). The van der Waals surface area contributed by atoms with Gasteiger partial charge in [-0.25, -0.2) is 4.98 Å². The van der Waals surface area contributed by atoms with Crippen molar-refractivity contribution >= 4 is 25.4 Å². The summed E-state index contributed by atoms with van der Waals surface area (Å²) < 4.78 is 29.7. The number of anilines is 1. The van der Waals surface area contributed by atoms with Crippen LogP contribution in [-0.2, 0) is 18.6 Å². The monoisotopic (exact) mass is 431 g/mol. The normalized spacial score (nSPS) is 25.6. The lowest BCUT2D eigenvalue weighted by molar-refractivity contribution is -0.0705. The second kappa shape index (κ2) is 9.79. The second-order valence-corrected chi connectivity index (χ2v) is 7.53. The van der Waals surface area contributed by atoms with Crippen molar-refractivity contribution in [2.45, 2.75) is 57.1 Å². The smallest absolute Gasteiger partial charge is 0.317 e. The number of aliphatic hydroxyl groups excluding tert-OH is 1. The number of nitrogens with one attached hydrogen (secondary N) is 1. The van der Waals surface area contributed by atoms with Gasteiger partial charge in [-0.05, 0) is 6.42 Å². The average Bonchev–Trinajstić information content (AvgIpc) is 3.22. The zero-order valence-electron chi connectivity index (χ0n) is 16.0. The van der Waals surface area contributed by atoms with E-state index in [1.54, 1.807) is 0 Å².